The number of hydrogen-bond acceptors (Lipinski definition) is 5. The number of nitrogens with zero attached hydrogens (tertiary/aromatic N) is 5. The van der Waals surface area contributed by atoms with Crippen LogP contribution in [0, 0.1) is 0 Å². The molecule has 0 N–H and O–H groups in total. The van der Waals surface area contributed by atoms with Gasteiger partial charge in [-0.2, -0.15) is 0 Å². The highest BCUT2D eigenvalue weighted by molar-refractivity contribution is 5.92. The first-order chi connectivity index (χ1) is 10.6. The minimum atomic E-state index is 0.0283. The summed E-state index contributed by atoms with van der Waals surface area (Å²) in [5.74, 6) is 0.797. The number of aromatic nitrogens is 2. The predicted molar refractivity (Wildman–Crippen MR) is 86.1 cm³/mol. The molecule has 0 saturated carbocycles. The van der Waals surface area contributed by atoms with E-state index in [4.69, 9.17) is 0 Å². The van der Waals surface area contributed by atoms with E-state index in [-0.39, 0.29) is 5.91 Å². The monoisotopic (exact) mass is 303 g/mol. The first-order valence-corrected chi connectivity index (χ1v) is 8.10. The number of carbonyl (C=O) groups excluding carboxylic acids is 1. The summed E-state index contributed by atoms with van der Waals surface area (Å²) in [4.78, 5) is 19.1. The Labute approximate surface area is 132 Å². The summed E-state index contributed by atoms with van der Waals surface area (Å²) in [5.41, 5.74) is 0.457. The molecule has 0 aromatic carbocycles. The fourth-order valence-electron chi connectivity index (χ4n) is 3.69. The molecule has 3 heterocycles. The molecule has 22 heavy (non-hydrogen) atoms. The number of anilines is 1. The molecular formula is C16H25N5O. The molecular weight excluding hydrogens is 278 g/mol. The van der Waals surface area contributed by atoms with Crippen LogP contribution in [0.4, 0.5) is 5.82 Å². The van der Waals surface area contributed by atoms with Crippen LogP contribution in [0.25, 0.3) is 0 Å². The van der Waals surface area contributed by atoms with E-state index in [9.17, 15) is 4.79 Å². The van der Waals surface area contributed by atoms with E-state index in [0.29, 0.717) is 17.8 Å². The van der Waals surface area contributed by atoms with Crippen molar-refractivity contribution in [3.8, 4) is 0 Å². The molecule has 2 saturated heterocycles. The third-order valence-corrected chi connectivity index (χ3v) is 4.91. The van der Waals surface area contributed by atoms with Crippen LogP contribution < -0.4 is 4.90 Å². The average molecular weight is 303 g/mol. The Balaban J connectivity index is 1.75. The Hall–Kier alpha value is -1.69. The largest absolute Gasteiger partial charge is 0.361 e. The molecule has 120 valence electrons. The van der Waals surface area contributed by atoms with Gasteiger partial charge in [-0.3, -0.25) is 4.79 Å². The Morgan fingerprint density at radius 1 is 1.14 bits per heavy atom. The second-order valence-electron chi connectivity index (χ2n) is 6.57. The van der Waals surface area contributed by atoms with Gasteiger partial charge in [0.25, 0.3) is 5.91 Å². The van der Waals surface area contributed by atoms with Gasteiger partial charge < -0.3 is 14.7 Å². The molecule has 0 unspecified atom stereocenters. The maximum Gasteiger partial charge on any atom is 0.274 e. The Kier molecular flexibility index (Phi) is 4.29. The van der Waals surface area contributed by atoms with Crippen LogP contribution in [0.2, 0.25) is 0 Å². The fourth-order valence-corrected chi connectivity index (χ4v) is 3.69. The van der Waals surface area contributed by atoms with Gasteiger partial charge in [-0.15, -0.1) is 10.2 Å². The standard InChI is InChI=1S/C16H25N5O/c1-19(2)15-9-8-12(17-18-15)16(22)21-11-5-7-14(21)13-6-4-10-20(13)3/h8-9,13-14H,4-7,10-11H2,1-3H3/t13-,14-/m0/s1. The highest BCUT2D eigenvalue weighted by Crippen LogP contribution is 2.29. The van der Waals surface area contributed by atoms with E-state index in [1.807, 2.05) is 30.0 Å². The van der Waals surface area contributed by atoms with Gasteiger partial charge in [0.2, 0.25) is 0 Å². The number of carbonyl (C=O) groups is 1. The molecule has 0 aliphatic carbocycles. The van der Waals surface area contributed by atoms with E-state index in [0.717, 1.165) is 31.7 Å². The van der Waals surface area contributed by atoms with Gasteiger partial charge in [0, 0.05) is 32.7 Å². The van der Waals surface area contributed by atoms with Crippen molar-refractivity contribution in [2.24, 2.45) is 0 Å². The van der Waals surface area contributed by atoms with Crippen LogP contribution >= 0.6 is 0 Å². The highest BCUT2D eigenvalue weighted by atomic mass is 16.2. The highest BCUT2D eigenvalue weighted by Gasteiger charge is 2.39. The van der Waals surface area contributed by atoms with E-state index in [2.05, 4.69) is 22.1 Å². The molecule has 3 rings (SSSR count). The van der Waals surface area contributed by atoms with Crippen molar-refractivity contribution in [1.29, 1.82) is 0 Å². The summed E-state index contributed by atoms with van der Waals surface area (Å²) >= 11 is 0. The number of likely N-dealkylation sites (N-methyl/N-ethyl adjacent to an activating group) is 1. The van der Waals surface area contributed by atoms with Gasteiger partial charge in [0.1, 0.15) is 0 Å². The van der Waals surface area contributed by atoms with Crippen molar-refractivity contribution in [2.45, 2.75) is 37.8 Å². The van der Waals surface area contributed by atoms with Crippen molar-refractivity contribution in [3.05, 3.63) is 17.8 Å². The summed E-state index contributed by atoms with van der Waals surface area (Å²) in [7, 11) is 6.00. The van der Waals surface area contributed by atoms with E-state index in [1.54, 1.807) is 6.07 Å². The lowest BCUT2D eigenvalue weighted by atomic mass is 10.0. The van der Waals surface area contributed by atoms with Crippen LogP contribution in [0.15, 0.2) is 12.1 Å². The molecule has 2 aliphatic rings. The summed E-state index contributed by atoms with van der Waals surface area (Å²) < 4.78 is 0. The summed E-state index contributed by atoms with van der Waals surface area (Å²) in [6.45, 7) is 1.98. The Morgan fingerprint density at radius 3 is 2.45 bits per heavy atom. The normalized spacial score (nSPS) is 25.7. The lowest BCUT2D eigenvalue weighted by Crippen LogP contribution is -2.47. The smallest absolute Gasteiger partial charge is 0.274 e. The van der Waals surface area contributed by atoms with Crippen molar-refractivity contribution in [2.75, 3.05) is 39.1 Å². The van der Waals surface area contributed by atoms with E-state index in [1.165, 1.54) is 12.8 Å². The maximum absolute atomic E-state index is 12.8. The van der Waals surface area contributed by atoms with Crippen molar-refractivity contribution in [1.82, 2.24) is 20.0 Å². The van der Waals surface area contributed by atoms with Crippen LogP contribution in [-0.2, 0) is 0 Å². The van der Waals surface area contributed by atoms with Crippen molar-refractivity contribution >= 4 is 11.7 Å². The fraction of sp³-hybridized carbons (Fsp3) is 0.688. The lowest BCUT2D eigenvalue weighted by Gasteiger charge is -2.33. The van der Waals surface area contributed by atoms with E-state index < -0.39 is 0 Å². The molecule has 1 amide bonds. The minimum Gasteiger partial charge on any atom is -0.361 e. The maximum atomic E-state index is 12.8. The topological polar surface area (TPSA) is 52.6 Å². The number of rotatable bonds is 3. The van der Waals surface area contributed by atoms with Crippen LogP contribution in [0.5, 0.6) is 0 Å². The van der Waals surface area contributed by atoms with Gasteiger partial charge in [-0.25, -0.2) is 0 Å². The third-order valence-electron chi connectivity index (χ3n) is 4.91. The summed E-state index contributed by atoms with van der Waals surface area (Å²) in [6, 6.07) is 4.47. The molecule has 0 spiro atoms. The van der Waals surface area contributed by atoms with Gasteiger partial charge in [-0.05, 0) is 51.4 Å². The summed E-state index contributed by atoms with van der Waals surface area (Å²) in [5, 5.41) is 8.25. The summed E-state index contributed by atoms with van der Waals surface area (Å²) in [6.07, 6.45) is 4.61. The first-order valence-electron chi connectivity index (χ1n) is 8.10. The zero-order chi connectivity index (χ0) is 15.7. The Bertz CT molecular complexity index is 530. The Morgan fingerprint density at radius 2 is 1.86 bits per heavy atom. The third kappa shape index (κ3) is 2.79. The lowest BCUT2D eigenvalue weighted by molar-refractivity contribution is 0.0657. The van der Waals surface area contributed by atoms with Crippen LogP contribution in [0.1, 0.15) is 36.2 Å². The zero-order valence-electron chi connectivity index (χ0n) is 13.7. The minimum absolute atomic E-state index is 0.0283. The van der Waals surface area contributed by atoms with Crippen molar-refractivity contribution < 1.29 is 4.79 Å². The second-order valence-corrected chi connectivity index (χ2v) is 6.57. The number of hydrogen-bond donors (Lipinski definition) is 0. The molecule has 2 fully saturated rings. The number of likely N-dealkylation sites (tertiary alicyclic amines) is 2. The molecule has 2 aliphatic heterocycles. The molecule has 6 nitrogen and oxygen atoms in total. The molecule has 1 aromatic rings. The molecule has 1 aromatic heterocycles. The molecule has 0 bridgehead atoms. The van der Waals surface area contributed by atoms with E-state index >= 15 is 0 Å². The SMILES string of the molecule is CN(C)c1ccc(C(=O)N2CCC[C@H]2[C@@H]2CCCN2C)nn1. The quantitative estimate of drug-likeness (QED) is 0.841. The van der Waals surface area contributed by atoms with Gasteiger partial charge in [0.05, 0.1) is 0 Å². The van der Waals surface area contributed by atoms with Gasteiger partial charge in [0.15, 0.2) is 11.5 Å². The van der Waals surface area contributed by atoms with Gasteiger partial charge >= 0.3 is 0 Å². The molecule has 0 radical (unpaired) electrons. The first kappa shape index (κ1) is 15.2. The van der Waals surface area contributed by atoms with Gasteiger partial charge in [-0.1, -0.05) is 0 Å². The molecule has 6 heteroatoms. The molecule has 2 atom stereocenters. The second kappa shape index (κ2) is 6.20. The average Bonchev–Trinajstić information content (AvgIpc) is 3.14. The van der Waals surface area contributed by atoms with Crippen LogP contribution in [0.3, 0.4) is 0 Å². The van der Waals surface area contributed by atoms with Crippen LogP contribution in [-0.4, -0.2) is 72.2 Å². The zero-order valence-corrected chi connectivity index (χ0v) is 13.7. The number of amides is 1. The van der Waals surface area contributed by atoms with Crippen molar-refractivity contribution in [3.63, 3.8) is 0 Å². The predicted octanol–water partition coefficient (Wildman–Crippen LogP) is 1.24.